The molecule has 1 saturated heterocycles. The van der Waals surface area contributed by atoms with E-state index in [1.165, 1.54) is 16.1 Å². The van der Waals surface area contributed by atoms with Crippen LogP contribution in [0.3, 0.4) is 0 Å². The minimum Gasteiger partial charge on any atom is -0.393 e. The van der Waals surface area contributed by atoms with Gasteiger partial charge in [0.25, 0.3) is 0 Å². The summed E-state index contributed by atoms with van der Waals surface area (Å²) in [6, 6.07) is 15.2. The summed E-state index contributed by atoms with van der Waals surface area (Å²) >= 11 is 0. The van der Waals surface area contributed by atoms with E-state index in [1.54, 1.807) is 0 Å². The second-order valence-electron chi connectivity index (χ2n) is 13.3. The quantitative estimate of drug-likeness (QED) is 0.322. The average molecular weight is 610 g/mol. The number of hydrogen-bond acceptors (Lipinski definition) is 6. The summed E-state index contributed by atoms with van der Waals surface area (Å²) in [5.41, 5.74) is 2.16. The van der Waals surface area contributed by atoms with Crippen molar-refractivity contribution in [3.63, 3.8) is 0 Å². The first-order chi connectivity index (χ1) is 20.4. The zero-order chi connectivity index (χ0) is 30.8. The van der Waals surface area contributed by atoms with Crippen LogP contribution < -0.4 is 0 Å². The van der Waals surface area contributed by atoms with Gasteiger partial charge in [0.05, 0.1) is 24.1 Å². The number of rotatable bonds is 7. The van der Waals surface area contributed by atoms with Crippen LogP contribution >= 0.6 is 0 Å². The number of nitrogens with zero attached hydrogens (tertiary/aromatic N) is 1. The van der Waals surface area contributed by atoms with Gasteiger partial charge in [-0.1, -0.05) is 61.0 Å². The maximum absolute atomic E-state index is 14.0. The summed E-state index contributed by atoms with van der Waals surface area (Å²) in [7, 11) is -3.61. The second kappa shape index (κ2) is 12.9. The predicted octanol–water partition coefficient (Wildman–Crippen LogP) is 5.40. The molecule has 43 heavy (non-hydrogen) atoms. The van der Waals surface area contributed by atoms with E-state index in [0.29, 0.717) is 56.3 Å². The highest BCUT2D eigenvalue weighted by molar-refractivity contribution is 7.88. The fraction of sp³-hybridized carbons (Fsp3) is 0.571. The van der Waals surface area contributed by atoms with Crippen molar-refractivity contribution < 1.29 is 28.2 Å². The Morgan fingerprint density at radius 1 is 1.09 bits per heavy atom. The minimum absolute atomic E-state index is 0.00632. The van der Waals surface area contributed by atoms with E-state index in [0.717, 1.165) is 30.4 Å². The lowest BCUT2D eigenvalue weighted by atomic mass is 9.64. The largest absolute Gasteiger partial charge is 0.393 e. The summed E-state index contributed by atoms with van der Waals surface area (Å²) in [4.78, 5) is 14.0. The third-order valence-electron chi connectivity index (χ3n) is 10.3. The molecule has 2 N–H and O–H groups in total. The molecule has 7 nitrogen and oxygen atoms in total. The van der Waals surface area contributed by atoms with Crippen LogP contribution in [-0.4, -0.2) is 72.5 Å². The lowest BCUT2D eigenvalue weighted by Crippen LogP contribution is -2.54. The van der Waals surface area contributed by atoms with Crippen LogP contribution in [0, 0.1) is 5.41 Å². The highest BCUT2D eigenvalue weighted by Crippen LogP contribution is 2.59. The molecule has 1 aliphatic heterocycles. The third-order valence-corrected chi connectivity index (χ3v) is 11.5. The fourth-order valence-electron chi connectivity index (χ4n) is 7.57. The molecule has 0 radical (unpaired) electrons. The Labute approximate surface area is 257 Å². The van der Waals surface area contributed by atoms with Gasteiger partial charge in [0.15, 0.2) is 5.78 Å². The first-order valence-corrected chi connectivity index (χ1v) is 17.6. The number of allylic oxidation sites excluding steroid dienone is 2. The summed E-state index contributed by atoms with van der Waals surface area (Å²) in [6.07, 6.45) is 8.68. The van der Waals surface area contributed by atoms with E-state index in [4.69, 9.17) is 4.74 Å². The van der Waals surface area contributed by atoms with E-state index in [2.05, 4.69) is 19.9 Å². The van der Waals surface area contributed by atoms with E-state index < -0.39 is 27.1 Å². The number of hydrogen-bond donors (Lipinski definition) is 2. The van der Waals surface area contributed by atoms with Crippen LogP contribution in [0.2, 0.25) is 0 Å². The van der Waals surface area contributed by atoms with Crippen LogP contribution in [0.25, 0.3) is 0 Å². The number of sulfonamides is 1. The maximum atomic E-state index is 14.0. The van der Waals surface area contributed by atoms with Gasteiger partial charge in [-0.15, -0.1) is 0 Å². The van der Waals surface area contributed by atoms with Crippen molar-refractivity contribution >= 4 is 15.8 Å². The van der Waals surface area contributed by atoms with Crippen molar-refractivity contribution in [2.75, 3.05) is 26.0 Å². The Bertz CT molecular complexity index is 1430. The van der Waals surface area contributed by atoms with E-state index in [1.807, 2.05) is 48.5 Å². The van der Waals surface area contributed by atoms with Crippen LogP contribution in [0.1, 0.15) is 98.2 Å². The normalized spacial score (nSPS) is 30.2. The Balaban J connectivity index is 1.59. The van der Waals surface area contributed by atoms with Crippen molar-refractivity contribution in [2.45, 2.75) is 95.4 Å². The number of ketones is 1. The van der Waals surface area contributed by atoms with Crippen molar-refractivity contribution in [3.05, 3.63) is 82.4 Å². The molecule has 234 valence electrons. The number of ether oxygens (including phenoxy) is 1. The molecule has 2 aromatic rings. The highest BCUT2D eigenvalue weighted by Gasteiger charge is 2.58. The molecule has 1 saturated carbocycles. The number of aliphatic hydroxyl groups is 2. The summed E-state index contributed by atoms with van der Waals surface area (Å²) < 4.78 is 33.3. The first-order valence-electron chi connectivity index (χ1n) is 15.7. The lowest BCUT2D eigenvalue weighted by molar-refractivity contribution is -0.0753. The monoisotopic (exact) mass is 609 g/mol. The van der Waals surface area contributed by atoms with Crippen molar-refractivity contribution in [3.8, 4) is 0 Å². The number of benzene rings is 2. The molecule has 1 heterocycles. The van der Waals surface area contributed by atoms with Gasteiger partial charge in [-0.3, -0.25) is 4.79 Å². The van der Waals surface area contributed by atoms with Crippen molar-refractivity contribution in [2.24, 2.45) is 5.41 Å². The molecule has 2 aromatic carbocycles. The average Bonchev–Trinajstić information content (AvgIpc) is 3.57. The predicted molar refractivity (Wildman–Crippen MR) is 169 cm³/mol. The zero-order valence-electron chi connectivity index (χ0n) is 25.8. The molecule has 3 aliphatic carbocycles. The van der Waals surface area contributed by atoms with E-state index in [9.17, 15) is 23.4 Å². The van der Waals surface area contributed by atoms with Gasteiger partial charge in [-0.2, -0.15) is 4.31 Å². The molecular formula is C35H47NO6S. The Morgan fingerprint density at radius 2 is 1.86 bits per heavy atom. The lowest BCUT2D eigenvalue weighted by Gasteiger charge is -2.46. The maximum Gasteiger partial charge on any atom is 0.211 e. The van der Waals surface area contributed by atoms with Crippen LogP contribution in [0.15, 0.2) is 60.2 Å². The fourth-order valence-corrected chi connectivity index (χ4v) is 8.45. The van der Waals surface area contributed by atoms with Crippen molar-refractivity contribution in [1.82, 2.24) is 4.31 Å². The van der Waals surface area contributed by atoms with E-state index >= 15 is 0 Å². The van der Waals surface area contributed by atoms with Gasteiger partial charge in [-0.25, -0.2) is 8.42 Å². The number of aliphatic hydroxyl groups excluding tert-OH is 1. The van der Waals surface area contributed by atoms with Gasteiger partial charge >= 0.3 is 0 Å². The SMILES string of the molecule is CC1=CCCC2(C)C(CCC2(O)CN(CC2CCCO2)S(C)(=O)=O)c2ccc(cc2C(=O)c2ccccc2)CC(O)CC1. The van der Waals surface area contributed by atoms with Crippen LogP contribution in [0.4, 0.5) is 0 Å². The smallest absolute Gasteiger partial charge is 0.211 e. The summed E-state index contributed by atoms with van der Waals surface area (Å²) in [5, 5.41) is 23.4. The zero-order valence-corrected chi connectivity index (χ0v) is 26.6. The molecule has 0 spiro atoms. The van der Waals surface area contributed by atoms with Gasteiger partial charge in [0.2, 0.25) is 10.0 Å². The van der Waals surface area contributed by atoms with Crippen molar-refractivity contribution in [1.29, 1.82) is 0 Å². The molecule has 2 fully saturated rings. The Kier molecular flexibility index (Phi) is 9.64. The topological polar surface area (TPSA) is 104 Å². The van der Waals surface area contributed by atoms with Gasteiger partial charge in [-0.05, 0) is 87.8 Å². The van der Waals surface area contributed by atoms with Gasteiger partial charge in [0, 0.05) is 36.2 Å². The third kappa shape index (κ3) is 6.99. The molecule has 0 amide bonds. The molecular weight excluding hydrogens is 562 g/mol. The van der Waals surface area contributed by atoms with Crippen LogP contribution in [-0.2, 0) is 21.2 Å². The molecule has 0 aromatic heterocycles. The number of carbonyl (C=O) groups excluding carboxylic acids is 1. The second-order valence-corrected chi connectivity index (χ2v) is 15.3. The Morgan fingerprint density at radius 3 is 2.56 bits per heavy atom. The Hall–Kier alpha value is -2.36. The molecule has 5 atom stereocenters. The highest BCUT2D eigenvalue weighted by atomic mass is 32.2. The minimum atomic E-state index is -3.61. The van der Waals surface area contributed by atoms with Gasteiger partial charge < -0.3 is 14.9 Å². The van der Waals surface area contributed by atoms with E-state index in [-0.39, 0.29) is 30.9 Å². The molecule has 5 unspecified atom stereocenters. The summed E-state index contributed by atoms with van der Waals surface area (Å²) in [5.74, 6) is -0.247. The molecule has 6 rings (SSSR count). The molecule has 2 bridgehead atoms. The summed E-state index contributed by atoms with van der Waals surface area (Å²) in [6.45, 7) is 5.02. The standard InChI is InChI=1S/C35H47NO6S/c1-25-9-7-18-34(2)32(17-19-35(34,39)24-36(43(3,40)41)23-29-12-8-20-42-29)30-16-14-26(21-28(37)15-13-25)22-31(30)33(38)27-10-5-4-6-11-27/h4-6,9-11,14,16,22,28-29,32,37,39H,7-8,12-13,15,17-21,23-24H2,1-3H3. The van der Waals surface area contributed by atoms with Gasteiger partial charge in [0.1, 0.15) is 0 Å². The molecule has 8 heteroatoms. The number of carbonyl (C=O) groups is 1. The molecule has 4 aliphatic rings. The number of fused-ring (bicyclic) bond motifs is 8. The van der Waals surface area contributed by atoms with Crippen LogP contribution in [0.5, 0.6) is 0 Å². The first kappa shape index (κ1) is 32.0.